The predicted octanol–water partition coefficient (Wildman–Crippen LogP) is 7.38. The van der Waals surface area contributed by atoms with Crippen LogP contribution in [0.1, 0.15) is 119 Å². The fourth-order valence-corrected chi connectivity index (χ4v) is 9.71. The lowest BCUT2D eigenvalue weighted by atomic mass is 9.81. The summed E-state index contributed by atoms with van der Waals surface area (Å²) in [5, 5.41) is 16.0. The van der Waals surface area contributed by atoms with Crippen LogP contribution >= 0.6 is 0 Å². The first-order chi connectivity index (χ1) is 28.1. The molecule has 1 N–H and O–H groups in total. The van der Waals surface area contributed by atoms with Crippen LogP contribution in [0.25, 0.3) is 10.4 Å². The van der Waals surface area contributed by atoms with Gasteiger partial charge in [-0.25, -0.2) is 4.79 Å². The molecular weight excluding hydrogens is 757 g/mol. The number of ketones is 2. The van der Waals surface area contributed by atoms with Crippen LogP contribution in [0.3, 0.4) is 0 Å². The first-order valence-electron chi connectivity index (χ1n) is 21.8. The first kappa shape index (κ1) is 48.3. The van der Waals surface area contributed by atoms with Gasteiger partial charge in [0.25, 0.3) is 11.7 Å². The molecular formula is C45H70N4O10. The fourth-order valence-electron chi connectivity index (χ4n) is 9.71. The molecule has 1 amide bonds. The van der Waals surface area contributed by atoms with Crippen molar-refractivity contribution in [2.24, 2.45) is 34.7 Å². The Morgan fingerprint density at radius 3 is 2.42 bits per heavy atom. The number of carbonyl (C=O) groups is 4. The predicted molar refractivity (Wildman–Crippen MR) is 223 cm³/mol. The van der Waals surface area contributed by atoms with Crippen LogP contribution in [0.4, 0.5) is 0 Å². The molecule has 1 saturated carbocycles. The van der Waals surface area contributed by atoms with Gasteiger partial charge >= 0.3 is 5.97 Å². The van der Waals surface area contributed by atoms with Crippen molar-refractivity contribution in [3.05, 3.63) is 46.4 Å². The maximum Gasteiger partial charge on any atom is 0.329 e. The van der Waals surface area contributed by atoms with Gasteiger partial charge in [-0.3, -0.25) is 14.4 Å². The molecule has 14 nitrogen and oxygen atoms in total. The number of allylic oxidation sites excluding steroid dienone is 3. The Morgan fingerprint density at radius 2 is 1.76 bits per heavy atom. The smallest absolute Gasteiger partial charge is 0.329 e. The highest BCUT2D eigenvalue weighted by atomic mass is 16.7. The van der Waals surface area contributed by atoms with Gasteiger partial charge in [-0.1, -0.05) is 56.6 Å². The third-order valence-electron chi connectivity index (χ3n) is 13.1. The average Bonchev–Trinajstić information content (AvgIpc) is 3.22. The number of azide groups is 1. The SMILES string of the molecule is C=CCOC1CC(C=C(C)C2OC(=O)C3CCCCN3C(=O)C(=O)C3(O)OC(C(OC)CC(C)CC(C)=CC(CC)C(=O)CCC2C)C(OC)CC3C)CCC1N=[N+]=[N-]. The molecule has 13 unspecified atom stereocenters. The summed E-state index contributed by atoms with van der Waals surface area (Å²) in [4.78, 5) is 61.0. The van der Waals surface area contributed by atoms with E-state index in [9.17, 15) is 24.3 Å². The van der Waals surface area contributed by atoms with Crippen LogP contribution in [-0.2, 0) is 42.9 Å². The van der Waals surface area contributed by atoms with Crippen molar-refractivity contribution < 1.29 is 48.0 Å². The van der Waals surface area contributed by atoms with Gasteiger partial charge < -0.3 is 33.7 Å². The molecule has 0 radical (unpaired) electrons. The van der Waals surface area contributed by atoms with Crippen molar-refractivity contribution in [1.82, 2.24) is 4.90 Å². The van der Waals surface area contributed by atoms with Crippen molar-refractivity contribution in [3.8, 4) is 0 Å². The molecule has 3 aliphatic heterocycles. The van der Waals surface area contributed by atoms with Crippen molar-refractivity contribution in [2.75, 3.05) is 27.4 Å². The number of piperidine rings is 1. The maximum atomic E-state index is 14.4. The number of hydrogen-bond acceptors (Lipinski definition) is 11. The topological polar surface area (TPSA) is 187 Å². The number of hydrogen-bond donors (Lipinski definition) is 1. The van der Waals surface area contributed by atoms with Crippen LogP contribution in [0, 0.1) is 29.6 Å². The highest BCUT2D eigenvalue weighted by molar-refractivity contribution is 6.39. The van der Waals surface area contributed by atoms with Gasteiger partial charge in [0.2, 0.25) is 5.79 Å². The summed E-state index contributed by atoms with van der Waals surface area (Å²) in [6, 6.07) is -1.37. The number of nitrogens with zero attached hydrogens (tertiary/aromatic N) is 4. The monoisotopic (exact) mass is 827 g/mol. The zero-order valence-corrected chi connectivity index (χ0v) is 36.7. The molecule has 4 aliphatic rings. The summed E-state index contributed by atoms with van der Waals surface area (Å²) in [6.45, 7) is 15.9. The lowest BCUT2D eigenvalue weighted by molar-refractivity contribution is -0.302. The van der Waals surface area contributed by atoms with Gasteiger partial charge in [-0.2, -0.15) is 0 Å². The molecule has 0 aromatic carbocycles. The van der Waals surface area contributed by atoms with E-state index in [1.807, 2.05) is 27.7 Å². The van der Waals surface area contributed by atoms with Gasteiger partial charge in [0.15, 0.2) is 0 Å². The van der Waals surface area contributed by atoms with E-state index >= 15 is 0 Å². The second-order valence-corrected chi connectivity index (χ2v) is 17.6. The summed E-state index contributed by atoms with van der Waals surface area (Å²) in [5.74, 6) is -6.38. The Hall–Kier alpha value is -3.39. The fraction of sp³-hybridized carbons (Fsp3) is 0.778. The highest BCUT2D eigenvalue weighted by Crippen LogP contribution is 2.39. The number of cyclic esters (lactones) is 1. The Labute approximate surface area is 351 Å². The number of rotatable bonds is 9. The zero-order chi connectivity index (χ0) is 43.4. The summed E-state index contributed by atoms with van der Waals surface area (Å²) in [7, 11) is 3.10. The van der Waals surface area contributed by atoms with Crippen LogP contribution in [0.5, 0.6) is 0 Å². The van der Waals surface area contributed by atoms with E-state index in [-0.39, 0.29) is 67.4 Å². The molecule has 13 atom stereocenters. The maximum absolute atomic E-state index is 14.4. The Kier molecular flexibility index (Phi) is 18.4. The van der Waals surface area contributed by atoms with E-state index in [1.165, 1.54) is 4.90 Å². The summed E-state index contributed by atoms with van der Waals surface area (Å²) in [6.07, 6.45) is 9.06. The molecule has 4 rings (SSSR count). The number of aliphatic hydroxyl groups is 1. The highest BCUT2D eigenvalue weighted by Gasteiger charge is 2.56. The van der Waals surface area contributed by atoms with Gasteiger partial charge in [-0.05, 0) is 113 Å². The van der Waals surface area contributed by atoms with Crippen LogP contribution in [-0.4, -0.2) is 109 Å². The standard InChI is InChI=1S/C45H70N4O10/c1-10-20-57-37-26-32(16-17-34(37)47-48-46)24-30(6)40-29(5)15-18-36(50)33(11-2)22-27(3)21-28(4)23-38(55-8)41-39(56-9)25-31(7)45(54,59-41)42(51)43(52)49-19-13-12-14-35(49)44(53)58-40/h10,22,24,28-29,31-35,37-41,54H,1,11-21,23,25-26H2,2-9H3. The number of amides is 1. The largest absolute Gasteiger partial charge is 0.456 e. The van der Waals surface area contributed by atoms with Crippen molar-refractivity contribution in [3.63, 3.8) is 0 Å². The summed E-state index contributed by atoms with van der Waals surface area (Å²) in [5.41, 5.74) is 11.0. The first-order valence-corrected chi connectivity index (χ1v) is 21.8. The Bertz CT molecular complexity index is 1590. The van der Waals surface area contributed by atoms with Gasteiger partial charge in [-0.15, -0.1) is 6.58 Å². The summed E-state index contributed by atoms with van der Waals surface area (Å²) >= 11 is 0. The number of fused-ring (bicyclic) bond motifs is 3. The normalized spacial score (nSPS) is 37.6. The lowest BCUT2D eigenvalue weighted by Gasteiger charge is -2.47. The van der Waals surface area contributed by atoms with Gasteiger partial charge in [0.05, 0.1) is 31.0 Å². The van der Waals surface area contributed by atoms with Gasteiger partial charge in [0, 0.05) is 43.9 Å². The van der Waals surface area contributed by atoms with E-state index in [0.717, 1.165) is 17.6 Å². The van der Waals surface area contributed by atoms with E-state index in [2.05, 4.69) is 35.7 Å². The Morgan fingerprint density at radius 1 is 1.05 bits per heavy atom. The molecule has 2 saturated heterocycles. The second kappa shape index (κ2) is 22.5. The van der Waals surface area contributed by atoms with Gasteiger partial charge in [0.1, 0.15) is 24.0 Å². The van der Waals surface area contributed by atoms with Crippen LogP contribution in [0.2, 0.25) is 0 Å². The van der Waals surface area contributed by atoms with Crippen LogP contribution < -0.4 is 0 Å². The number of Topliss-reactive ketones (excluding diaryl/α,β-unsaturated/α-hetero) is 2. The van der Waals surface area contributed by atoms with E-state index < -0.39 is 59.8 Å². The minimum Gasteiger partial charge on any atom is -0.456 e. The second-order valence-electron chi connectivity index (χ2n) is 17.6. The lowest BCUT2D eigenvalue weighted by Crippen LogP contribution is -2.64. The molecule has 14 heteroatoms. The number of methoxy groups -OCH3 is 2. The number of carbonyl (C=O) groups excluding carboxylic acids is 4. The van der Waals surface area contributed by atoms with E-state index in [0.29, 0.717) is 58.0 Å². The van der Waals surface area contributed by atoms with Crippen molar-refractivity contribution >= 4 is 23.4 Å². The molecule has 2 bridgehead atoms. The van der Waals surface area contributed by atoms with E-state index in [1.54, 1.807) is 27.2 Å². The zero-order valence-electron chi connectivity index (χ0n) is 36.7. The molecule has 0 spiro atoms. The molecule has 59 heavy (non-hydrogen) atoms. The third kappa shape index (κ3) is 12.1. The third-order valence-corrected chi connectivity index (χ3v) is 13.1. The minimum absolute atomic E-state index is 0.0375. The van der Waals surface area contributed by atoms with Crippen molar-refractivity contribution in [2.45, 2.75) is 167 Å². The molecule has 0 aromatic heterocycles. The van der Waals surface area contributed by atoms with Crippen LogP contribution in [0.15, 0.2) is 41.1 Å². The molecule has 3 heterocycles. The minimum atomic E-state index is -2.48. The molecule has 0 aromatic rings. The average molecular weight is 827 g/mol. The number of ether oxygens (including phenoxy) is 5. The Balaban J connectivity index is 1.73. The van der Waals surface area contributed by atoms with E-state index in [4.69, 9.17) is 29.2 Å². The number of esters is 1. The molecule has 3 fully saturated rings. The quantitative estimate of drug-likeness (QED) is 0.0614. The summed E-state index contributed by atoms with van der Waals surface area (Å²) < 4.78 is 30.4. The van der Waals surface area contributed by atoms with Crippen molar-refractivity contribution in [1.29, 1.82) is 0 Å². The molecule has 330 valence electrons. The molecule has 1 aliphatic carbocycles.